The molecule has 0 radical (unpaired) electrons. The van der Waals surface area contributed by atoms with Crippen LogP contribution in [0.1, 0.15) is 17.4 Å². The predicted octanol–water partition coefficient (Wildman–Crippen LogP) is 1.08. The zero-order valence-electron chi connectivity index (χ0n) is 9.84. The van der Waals surface area contributed by atoms with Gasteiger partial charge in [0.2, 0.25) is 0 Å². The van der Waals surface area contributed by atoms with Crippen LogP contribution in [0.15, 0.2) is 24.7 Å². The topological polar surface area (TPSA) is 77.9 Å². The van der Waals surface area contributed by atoms with E-state index in [-0.39, 0.29) is 5.91 Å². The summed E-state index contributed by atoms with van der Waals surface area (Å²) >= 11 is 0. The van der Waals surface area contributed by atoms with Crippen molar-refractivity contribution in [1.29, 1.82) is 0 Å². The third-order valence-corrected chi connectivity index (χ3v) is 2.45. The Kier molecular flexibility index (Phi) is 2.86. The van der Waals surface area contributed by atoms with Crippen LogP contribution < -0.4 is 11.1 Å². The van der Waals surface area contributed by atoms with E-state index in [1.165, 1.54) is 0 Å². The number of rotatable bonds is 3. The maximum absolute atomic E-state index is 12.0. The summed E-state index contributed by atoms with van der Waals surface area (Å²) in [5.41, 5.74) is 7.48. The van der Waals surface area contributed by atoms with Crippen molar-refractivity contribution in [3.8, 4) is 0 Å². The molecule has 0 saturated carbocycles. The summed E-state index contributed by atoms with van der Waals surface area (Å²) in [7, 11) is 1.79. The molecular weight excluding hydrogens is 218 g/mol. The predicted molar refractivity (Wildman–Crippen MR) is 65.7 cm³/mol. The van der Waals surface area contributed by atoms with E-state index in [4.69, 9.17) is 5.73 Å². The first-order valence-electron chi connectivity index (χ1n) is 5.35. The Morgan fingerprint density at radius 2 is 2.29 bits per heavy atom. The molecule has 2 heterocycles. The molecule has 90 valence electrons. The van der Waals surface area contributed by atoms with Gasteiger partial charge in [-0.2, -0.15) is 5.10 Å². The van der Waals surface area contributed by atoms with Crippen molar-refractivity contribution in [1.82, 2.24) is 14.3 Å². The molecular formula is C11H15N5O. The molecule has 1 amide bonds. The quantitative estimate of drug-likeness (QED) is 0.832. The number of aryl methyl sites for hydroxylation is 2. The lowest BCUT2D eigenvalue weighted by molar-refractivity contribution is 0.101. The van der Waals surface area contributed by atoms with E-state index in [2.05, 4.69) is 10.4 Å². The second kappa shape index (κ2) is 4.32. The molecule has 6 heteroatoms. The molecule has 0 aliphatic carbocycles. The van der Waals surface area contributed by atoms with Gasteiger partial charge in [-0.25, -0.2) is 0 Å². The highest BCUT2D eigenvalue weighted by atomic mass is 16.2. The number of anilines is 2. The number of hydrogen-bond donors (Lipinski definition) is 2. The van der Waals surface area contributed by atoms with Gasteiger partial charge in [0.1, 0.15) is 5.69 Å². The first-order chi connectivity index (χ1) is 8.10. The van der Waals surface area contributed by atoms with Gasteiger partial charge in [0.25, 0.3) is 5.91 Å². The molecule has 0 aliphatic heterocycles. The van der Waals surface area contributed by atoms with Crippen LogP contribution in [-0.4, -0.2) is 20.3 Å². The van der Waals surface area contributed by atoms with Crippen molar-refractivity contribution in [2.45, 2.75) is 13.5 Å². The molecule has 2 aromatic rings. The van der Waals surface area contributed by atoms with Crippen LogP contribution in [0.5, 0.6) is 0 Å². The number of nitrogens with zero attached hydrogens (tertiary/aromatic N) is 3. The normalized spacial score (nSPS) is 10.5. The molecule has 3 N–H and O–H groups in total. The Morgan fingerprint density at radius 1 is 1.53 bits per heavy atom. The van der Waals surface area contributed by atoms with Crippen molar-refractivity contribution < 1.29 is 4.79 Å². The molecule has 0 bridgehead atoms. The number of hydrogen-bond acceptors (Lipinski definition) is 3. The molecule has 6 nitrogen and oxygen atoms in total. The molecule has 2 rings (SSSR count). The third kappa shape index (κ3) is 2.30. The standard InChI is InChI=1S/C11H15N5O/c1-3-16-6-8(12)4-10(16)11(17)14-9-5-13-15(2)7-9/h4-7H,3,12H2,1-2H3,(H,14,17). The first-order valence-corrected chi connectivity index (χ1v) is 5.35. The van der Waals surface area contributed by atoms with Crippen LogP contribution in [0.4, 0.5) is 11.4 Å². The van der Waals surface area contributed by atoms with Crippen molar-refractivity contribution in [2.24, 2.45) is 7.05 Å². The molecule has 0 fully saturated rings. The zero-order valence-corrected chi connectivity index (χ0v) is 9.84. The van der Waals surface area contributed by atoms with Crippen molar-refractivity contribution >= 4 is 17.3 Å². The SMILES string of the molecule is CCn1cc(N)cc1C(=O)Nc1cnn(C)c1. The minimum Gasteiger partial charge on any atom is -0.397 e. The van der Waals surface area contributed by atoms with E-state index < -0.39 is 0 Å². The van der Waals surface area contributed by atoms with Crippen molar-refractivity contribution in [3.63, 3.8) is 0 Å². The number of amides is 1. The fraction of sp³-hybridized carbons (Fsp3) is 0.273. The fourth-order valence-electron chi connectivity index (χ4n) is 1.67. The number of carbonyl (C=O) groups is 1. The largest absolute Gasteiger partial charge is 0.397 e. The van der Waals surface area contributed by atoms with Crippen LogP contribution in [0.3, 0.4) is 0 Å². The van der Waals surface area contributed by atoms with E-state index in [1.54, 1.807) is 41.0 Å². The Hall–Kier alpha value is -2.24. The lowest BCUT2D eigenvalue weighted by atomic mass is 10.3. The van der Waals surface area contributed by atoms with Gasteiger partial charge >= 0.3 is 0 Å². The average molecular weight is 233 g/mol. The summed E-state index contributed by atoms with van der Waals surface area (Å²) in [4.78, 5) is 12.0. The number of nitrogen functional groups attached to an aromatic ring is 1. The van der Waals surface area contributed by atoms with E-state index in [1.807, 2.05) is 6.92 Å². The van der Waals surface area contributed by atoms with Gasteiger partial charge in [-0.3, -0.25) is 9.48 Å². The van der Waals surface area contributed by atoms with Gasteiger partial charge in [-0.1, -0.05) is 0 Å². The van der Waals surface area contributed by atoms with Crippen LogP contribution in [0.25, 0.3) is 0 Å². The van der Waals surface area contributed by atoms with Crippen molar-refractivity contribution in [3.05, 3.63) is 30.4 Å². The van der Waals surface area contributed by atoms with E-state index in [0.717, 1.165) is 0 Å². The minimum atomic E-state index is -0.184. The summed E-state index contributed by atoms with van der Waals surface area (Å²) in [6.07, 6.45) is 5.08. The third-order valence-electron chi connectivity index (χ3n) is 2.45. The van der Waals surface area contributed by atoms with Crippen LogP contribution in [0, 0.1) is 0 Å². The second-order valence-corrected chi connectivity index (χ2v) is 3.80. The highest BCUT2D eigenvalue weighted by Crippen LogP contribution is 2.13. The molecule has 17 heavy (non-hydrogen) atoms. The van der Waals surface area contributed by atoms with E-state index in [9.17, 15) is 4.79 Å². The minimum absolute atomic E-state index is 0.184. The molecule has 0 aliphatic rings. The Morgan fingerprint density at radius 3 is 2.88 bits per heavy atom. The highest BCUT2D eigenvalue weighted by molar-refractivity contribution is 6.03. The van der Waals surface area contributed by atoms with Crippen molar-refractivity contribution in [2.75, 3.05) is 11.1 Å². The molecule has 0 unspecified atom stereocenters. The molecule has 0 atom stereocenters. The Bertz CT molecular complexity index is 540. The van der Waals surface area contributed by atoms with Crippen LogP contribution >= 0.6 is 0 Å². The van der Waals surface area contributed by atoms with Crippen LogP contribution in [0.2, 0.25) is 0 Å². The summed E-state index contributed by atoms with van der Waals surface area (Å²) < 4.78 is 3.43. The Balaban J connectivity index is 2.19. The van der Waals surface area contributed by atoms with Gasteiger partial charge in [0.05, 0.1) is 17.6 Å². The molecule has 0 spiro atoms. The number of nitrogens with two attached hydrogens (primary N) is 1. The second-order valence-electron chi connectivity index (χ2n) is 3.80. The summed E-state index contributed by atoms with van der Waals surface area (Å²) in [5.74, 6) is -0.184. The molecule has 0 aromatic carbocycles. The molecule has 0 saturated heterocycles. The summed E-state index contributed by atoms with van der Waals surface area (Å²) in [6, 6.07) is 1.66. The maximum Gasteiger partial charge on any atom is 0.272 e. The summed E-state index contributed by atoms with van der Waals surface area (Å²) in [5, 5.41) is 6.75. The lowest BCUT2D eigenvalue weighted by Crippen LogP contribution is -2.16. The van der Waals surface area contributed by atoms with Gasteiger partial charge in [-0.15, -0.1) is 0 Å². The highest BCUT2D eigenvalue weighted by Gasteiger charge is 2.12. The smallest absolute Gasteiger partial charge is 0.272 e. The van der Waals surface area contributed by atoms with Crippen LogP contribution in [-0.2, 0) is 13.6 Å². The van der Waals surface area contributed by atoms with E-state index >= 15 is 0 Å². The molecule has 2 aromatic heterocycles. The Labute approximate surface area is 99.0 Å². The lowest BCUT2D eigenvalue weighted by Gasteiger charge is -2.05. The number of aromatic nitrogens is 3. The number of carbonyl (C=O) groups excluding carboxylic acids is 1. The van der Waals surface area contributed by atoms with Gasteiger partial charge < -0.3 is 15.6 Å². The maximum atomic E-state index is 12.0. The van der Waals surface area contributed by atoms with Gasteiger partial charge in [0, 0.05) is 26.0 Å². The van der Waals surface area contributed by atoms with Gasteiger partial charge in [-0.05, 0) is 13.0 Å². The van der Waals surface area contributed by atoms with Gasteiger partial charge in [0.15, 0.2) is 0 Å². The fourth-order valence-corrected chi connectivity index (χ4v) is 1.67. The zero-order chi connectivity index (χ0) is 12.4. The monoisotopic (exact) mass is 233 g/mol. The first kappa shape index (κ1) is 11.3. The average Bonchev–Trinajstić information content (AvgIpc) is 2.84. The van der Waals surface area contributed by atoms with E-state index in [0.29, 0.717) is 23.6 Å². The summed E-state index contributed by atoms with van der Waals surface area (Å²) in [6.45, 7) is 2.66. The number of nitrogens with one attached hydrogen (secondary N) is 1.